The molecule has 0 aromatic heterocycles. The highest BCUT2D eigenvalue weighted by molar-refractivity contribution is 6.46. The number of aliphatic hydroxyl groups excluding tert-OH is 1. The molecule has 150 valence electrons. The number of likely N-dealkylation sites (tertiary alicyclic amines) is 1. The number of ketones is 1. The Labute approximate surface area is 174 Å². The van der Waals surface area contributed by atoms with Crippen LogP contribution in [-0.2, 0) is 16.1 Å². The molecule has 5 heteroatoms. The number of hydrogen-bond donors (Lipinski definition) is 1. The number of amides is 1. The Bertz CT molecular complexity index is 1110. The number of carbonyl (C=O) groups excluding carboxylic acids is 2. The van der Waals surface area contributed by atoms with E-state index in [4.69, 9.17) is 4.74 Å². The molecule has 3 aromatic carbocycles. The third-order valence-corrected chi connectivity index (χ3v) is 5.24. The molecule has 30 heavy (non-hydrogen) atoms. The number of hydrogen-bond acceptors (Lipinski definition) is 4. The highest BCUT2D eigenvalue weighted by atomic mass is 16.5. The minimum atomic E-state index is -0.698. The Morgan fingerprint density at radius 2 is 1.50 bits per heavy atom. The molecular formula is C25H21NO4. The number of carbonyl (C=O) groups is 2. The van der Waals surface area contributed by atoms with Crippen molar-refractivity contribution in [2.24, 2.45) is 0 Å². The van der Waals surface area contributed by atoms with Crippen molar-refractivity contribution >= 4 is 17.4 Å². The van der Waals surface area contributed by atoms with Gasteiger partial charge in [0.25, 0.3) is 11.7 Å². The third-order valence-electron chi connectivity index (χ3n) is 5.24. The van der Waals surface area contributed by atoms with Crippen LogP contribution in [0.3, 0.4) is 0 Å². The molecule has 0 saturated carbocycles. The molecule has 1 aliphatic heterocycles. The quantitative estimate of drug-likeness (QED) is 0.394. The standard InChI is InChI=1S/C25H21NO4/c1-30-20-15-9-8-14-19(20)16-26-22(17-10-4-2-5-11-17)21(24(28)25(26)29)23(27)18-12-6-3-7-13-18/h2-15,22,27H,16H2,1H3/b23-21+. The van der Waals surface area contributed by atoms with Crippen LogP contribution in [0.5, 0.6) is 5.75 Å². The van der Waals surface area contributed by atoms with Crippen LogP contribution in [0.2, 0.25) is 0 Å². The van der Waals surface area contributed by atoms with E-state index in [9.17, 15) is 14.7 Å². The summed E-state index contributed by atoms with van der Waals surface area (Å²) in [7, 11) is 1.57. The summed E-state index contributed by atoms with van der Waals surface area (Å²) >= 11 is 0. The number of rotatable bonds is 5. The average molecular weight is 399 g/mol. The number of methoxy groups -OCH3 is 1. The van der Waals surface area contributed by atoms with Crippen LogP contribution in [0.1, 0.15) is 22.7 Å². The number of para-hydroxylation sites is 1. The van der Waals surface area contributed by atoms with Crippen LogP contribution in [0.25, 0.3) is 5.76 Å². The predicted octanol–water partition coefficient (Wildman–Crippen LogP) is 4.32. The molecule has 1 aliphatic rings. The summed E-state index contributed by atoms with van der Waals surface area (Å²) in [6, 6.07) is 24.7. The summed E-state index contributed by atoms with van der Waals surface area (Å²) < 4.78 is 5.42. The second-order valence-corrected chi connectivity index (χ2v) is 7.02. The van der Waals surface area contributed by atoms with Crippen LogP contribution in [-0.4, -0.2) is 28.8 Å². The topological polar surface area (TPSA) is 66.8 Å². The van der Waals surface area contributed by atoms with Gasteiger partial charge in [-0.25, -0.2) is 0 Å². The summed E-state index contributed by atoms with van der Waals surface area (Å²) in [5.41, 5.74) is 2.12. The highest BCUT2D eigenvalue weighted by Gasteiger charge is 2.46. The Morgan fingerprint density at radius 3 is 2.17 bits per heavy atom. The van der Waals surface area contributed by atoms with E-state index in [1.165, 1.54) is 4.90 Å². The molecule has 0 spiro atoms. The summed E-state index contributed by atoms with van der Waals surface area (Å²) in [5, 5.41) is 11.0. The molecule has 4 rings (SSSR count). The normalized spacial score (nSPS) is 17.9. The molecule has 0 bridgehead atoms. The molecule has 1 fully saturated rings. The SMILES string of the molecule is COc1ccccc1CN1C(=O)C(=O)/C(=C(/O)c2ccccc2)C1c1ccccc1. The van der Waals surface area contributed by atoms with Gasteiger partial charge in [0, 0.05) is 11.1 Å². The fraction of sp³-hybridized carbons (Fsp3) is 0.120. The summed E-state index contributed by atoms with van der Waals surface area (Å²) in [6.45, 7) is 0.180. The number of aliphatic hydroxyl groups is 1. The van der Waals surface area contributed by atoms with E-state index in [2.05, 4.69) is 0 Å². The van der Waals surface area contributed by atoms with Crippen LogP contribution >= 0.6 is 0 Å². The summed E-state index contributed by atoms with van der Waals surface area (Å²) in [6.07, 6.45) is 0. The van der Waals surface area contributed by atoms with Crippen LogP contribution < -0.4 is 4.74 Å². The van der Waals surface area contributed by atoms with Crippen molar-refractivity contribution in [3.8, 4) is 5.75 Å². The average Bonchev–Trinajstić information content (AvgIpc) is 3.05. The van der Waals surface area contributed by atoms with Gasteiger partial charge in [-0.1, -0.05) is 78.9 Å². The molecule has 1 amide bonds. The lowest BCUT2D eigenvalue weighted by atomic mass is 9.95. The zero-order valence-corrected chi connectivity index (χ0v) is 16.5. The fourth-order valence-electron chi connectivity index (χ4n) is 3.79. The second-order valence-electron chi connectivity index (χ2n) is 7.02. The lowest BCUT2D eigenvalue weighted by molar-refractivity contribution is -0.140. The zero-order valence-electron chi connectivity index (χ0n) is 16.5. The zero-order chi connectivity index (χ0) is 21.1. The molecule has 5 nitrogen and oxygen atoms in total. The molecule has 3 aromatic rings. The maximum Gasteiger partial charge on any atom is 0.295 e. The summed E-state index contributed by atoms with van der Waals surface area (Å²) in [4.78, 5) is 27.5. The third kappa shape index (κ3) is 3.46. The molecule has 1 unspecified atom stereocenters. The van der Waals surface area contributed by atoms with Crippen LogP contribution in [0, 0.1) is 0 Å². The molecule has 1 saturated heterocycles. The lowest BCUT2D eigenvalue weighted by Gasteiger charge is -2.26. The van der Waals surface area contributed by atoms with E-state index < -0.39 is 17.7 Å². The Balaban J connectivity index is 1.86. The Morgan fingerprint density at radius 1 is 0.900 bits per heavy atom. The smallest absolute Gasteiger partial charge is 0.295 e. The number of nitrogens with zero attached hydrogens (tertiary/aromatic N) is 1. The van der Waals surface area contributed by atoms with Crippen molar-refractivity contribution in [2.75, 3.05) is 7.11 Å². The van der Waals surface area contributed by atoms with Crippen LogP contribution in [0.4, 0.5) is 0 Å². The first kappa shape index (κ1) is 19.5. The maximum absolute atomic E-state index is 13.0. The van der Waals surface area contributed by atoms with E-state index in [0.717, 1.165) is 11.1 Å². The van der Waals surface area contributed by atoms with Crippen molar-refractivity contribution in [3.05, 3.63) is 107 Å². The van der Waals surface area contributed by atoms with Gasteiger partial charge in [0.15, 0.2) is 0 Å². The minimum absolute atomic E-state index is 0.0901. The second kappa shape index (κ2) is 8.25. The highest BCUT2D eigenvalue weighted by Crippen LogP contribution is 2.40. The van der Waals surface area contributed by atoms with Gasteiger partial charge in [-0.05, 0) is 11.6 Å². The largest absolute Gasteiger partial charge is 0.507 e. The first-order valence-electron chi connectivity index (χ1n) is 9.62. The van der Waals surface area contributed by atoms with Gasteiger partial charge in [-0.2, -0.15) is 0 Å². The monoisotopic (exact) mass is 399 g/mol. The van der Waals surface area contributed by atoms with Gasteiger partial charge in [0.2, 0.25) is 0 Å². The van der Waals surface area contributed by atoms with E-state index in [-0.39, 0.29) is 17.9 Å². The minimum Gasteiger partial charge on any atom is -0.507 e. The Hall–Kier alpha value is -3.86. The first-order chi connectivity index (χ1) is 14.6. The Kier molecular flexibility index (Phi) is 5.35. The molecule has 1 atom stereocenters. The van der Waals surface area contributed by atoms with Gasteiger partial charge in [-0.3, -0.25) is 9.59 Å². The predicted molar refractivity (Wildman–Crippen MR) is 114 cm³/mol. The van der Waals surface area contributed by atoms with Gasteiger partial charge < -0.3 is 14.7 Å². The van der Waals surface area contributed by atoms with Crippen molar-refractivity contribution in [1.82, 2.24) is 4.90 Å². The number of ether oxygens (including phenoxy) is 1. The van der Waals surface area contributed by atoms with Gasteiger partial charge in [-0.15, -0.1) is 0 Å². The molecule has 0 aliphatic carbocycles. The van der Waals surface area contributed by atoms with Crippen molar-refractivity contribution in [2.45, 2.75) is 12.6 Å². The van der Waals surface area contributed by atoms with E-state index >= 15 is 0 Å². The fourth-order valence-corrected chi connectivity index (χ4v) is 3.79. The van der Waals surface area contributed by atoms with Crippen molar-refractivity contribution in [3.63, 3.8) is 0 Å². The first-order valence-corrected chi connectivity index (χ1v) is 9.62. The van der Waals surface area contributed by atoms with Crippen molar-refractivity contribution in [1.29, 1.82) is 0 Å². The van der Waals surface area contributed by atoms with E-state index in [1.807, 2.05) is 60.7 Å². The van der Waals surface area contributed by atoms with E-state index in [0.29, 0.717) is 11.3 Å². The molecule has 0 radical (unpaired) electrons. The van der Waals surface area contributed by atoms with Gasteiger partial charge in [0.05, 0.1) is 25.3 Å². The van der Waals surface area contributed by atoms with Gasteiger partial charge in [0.1, 0.15) is 11.5 Å². The maximum atomic E-state index is 13.0. The lowest BCUT2D eigenvalue weighted by Crippen LogP contribution is -2.29. The number of Topliss-reactive ketones (excluding diaryl/α,β-unsaturated/α-hetero) is 1. The molecular weight excluding hydrogens is 378 g/mol. The van der Waals surface area contributed by atoms with Crippen molar-refractivity contribution < 1.29 is 19.4 Å². The molecule has 1 heterocycles. The van der Waals surface area contributed by atoms with Gasteiger partial charge >= 0.3 is 0 Å². The molecule has 1 N–H and O–H groups in total. The summed E-state index contributed by atoms with van der Waals surface area (Å²) in [5.74, 6) is -0.882. The van der Waals surface area contributed by atoms with E-state index in [1.54, 1.807) is 31.4 Å². The van der Waals surface area contributed by atoms with Crippen LogP contribution in [0.15, 0.2) is 90.5 Å². The number of benzene rings is 3.